The number of hydrogen-bond acceptors (Lipinski definition) is 4. The van der Waals surface area contributed by atoms with Gasteiger partial charge in [-0.3, -0.25) is 9.59 Å². The van der Waals surface area contributed by atoms with Gasteiger partial charge < -0.3 is 9.47 Å². The second-order valence-corrected chi connectivity index (χ2v) is 13.9. The molecule has 0 aromatic heterocycles. The lowest BCUT2D eigenvalue weighted by Gasteiger charge is -2.19. The Bertz CT molecular complexity index is 559. The molecule has 0 saturated carbocycles. The lowest BCUT2D eigenvalue weighted by molar-refractivity contribution is -0.161. The van der Waals surface area contributed by atoms with Crippen LogP contribution >= 0.6 is 11.6 Å². The largest absolute Gasteiger partial charge is 0.457 e. The highest BCUT2D eigenvalue weighted by Gasteiger charge is 2.22. The molecule has 262 valence electrons. The fraction of sp³-hybridized carbons (Fsp3) is 0.949. The maximum atomic E-state index is 12.2. The highest BCUT2D eigenvalue weighted by molar-refractivity contribution is 6.20. The third-order valence-electron chi connectivity index (χ3n) is 8.90. The van der Waals surface area contributed by atoms with Crippen LogP contribution in [0.25, 0.3) is 0 Å². The van der Waals surface area contributed by atoms with Gasteiger partial charge in [0.2, 0.25) is 5.56 Å². The molecule has 2 atom stereocenters. The van der Waals surface area contributed by atoms with E-state index in [2.05, 4.69) is 13.8 Å². The van der Waals surface area contributed by atoms with Gasteiger partial charge in [-0.25, -0.2) is 0 Å². The summed E-state index contributed by atoms with van der Waals surface area (Å²) in [7, 11) is 0. The van der Waals surface area contributed by atoms with E-state index in [0.717, 1.165) is 25.7 Å². The Labute approximate surface area is 279 Å². The molecule has 4 nitrogen and oxygen atoms in total. The van der Waals surface area contributed by atoms with E-state index in [1.807, 2.05) is 0 Å². The molecule has 0 radical (unpaired) electrons. The molecule has 0 N–H and O–H groups in total. The Morgan fingerprint density at radius 1 is 0.409 bits per heavy atom. The number of alkyl halides is 1. The minimum absolute atomic E-state index is 0.253. The second-order valence-electron chi connectivity index (χ2n) is 13.4. The molecule has 5 heteroatoms. The van der Waals surface area contributed by atoms with Crippen LogP contribution in [0.2, 0.25) is 0 Å². The Kier molecular flexibility index (Phi) is 34.5. The molecular weight excluding hydrogens is 568 g/mol. The van der Waals surface area contributed by atoms with Gasteiger partial charge in [-0.15, -0.1) is 0 Å². The standard InChI is InChI=1S/C39H75ClO4/c1-4-6-8-10-12-14-16-18-20-22-24-26-28-30-32-34-37(41)43-36(3)39(40)44-38(42)35-33-31-29-27-25-23-21-19-17-15-13-11-9-7-5-2/h36,39H,4-35H2,1-3H3. The first kappa shape index (κ1) is 43.2. The van der Waals surface area contributed by atoms with E-state index in [9.17, 15) is 9.59 Å². The molecule has 0 aromatic rings. The van der Waals surface area contributed by atoms with Gasteiger partial charge in [-0.05, 0) is 19.8 Å². The van der Waals surface area contributed by atoms with Gasteiger partial charge in [0.15, 0.2) is 0 Å². The Morgan fingerprint density at radius 3 is 0.909 bits per heavy atom. The van der Waals surface area contributed by atoms with E-state index in [-0.39, 0.29) is 11.9 Å². The molecule has 0 amide bonds. The van der Waals surface area contributed by atoms with Gasteiger partial charge in [-0.1, -0.05) is 205 Å². The molecule has 0 spiro atoms. The molecule has 0 heterocycles. The summed E-state index contributed by atoms with van der Waals surface area (Å²) in [4.78, 5) is 24.3. The van der Waals surface area contributed by atoms with E-state index in [4.69, 9.17) is 21.1 Å². The van der Waals surface area contributed by atoms with E-state index < -0.39 is 11.7 Å². The third-order valence-corrected chi connectivity index (χ3v) is 9.34. The van der Waals surface area contributed by atoms with Crippen molar-refractivity contribution in [3.8, 4) is 0 Å². The number of esters is 2. The lowest BCUT2D eigenvalue weighted by atomic mass is 10.0. The van der Waals surface area contributed by atoms with Gasteiger partial charge in [0.1, 0.15) is 6.10 Å². The first-order chi connectivity index (χ1) is 21.5. The monoisotopic (exact) mass is 643 g/mol. The Balaban J connectivity index is 3.51. The summed E-state index contributed by atoms with van der Waals surface area (Å²) in [6.07, 6.45) is 39.1. The highest BCUT2D eigenvalue weighted by atomic mass is 35.5. The lowest BCUT2D eigenvalue weighted by Crippen LogP contribution is -2.28. The number of carbonyl (C=O) groups excluding carboxylic acids is 2. The van der Waals surface area contributed by atoms with Crippen LogP contribution < -0.4 is 0 Å². The molecule has 0 aliphatic heterocycles. The Hall–Kier alpha value is -0.770. The van der Waals surface area contributed by atoms with Crippen molar-refractivity contribution in [3.63, 3.8) is 0 Å². The van der Waals surface area contributed by atoms with E-state index in [1.165, 1.54) is 167 Å². The second kappa shape index (κ2) is 35.1. The Morgan fingerprint density at radius 2 is 0.636 bits per heavy atom. The van der Waals surface area contributed by atoms with Crippen molar-refractivity contribution in [1.82, 2.24) is 0 Å². The molecular formula is C39H75ClO4. The van der Waals surface area contributed by atoms with Crippen molar-refractivity contribution < 1.29 is 19.1 Å². The van der Waals surface area contributed by atoms with Crippen LogP contribution in [0, 0.1) is 0 Å². The molecule has 0 fully saturated rings. The summed E-state index contributed by atoms with van der Waals surface area (Å²) in [5.41, 5.74) is -0.927. The fourth-order valence-corrected chi connectivity index (χ4v) is 6.03. The summed E-state index contributed by atoms with van der Waals surface area (Å²) in [5.74, 6) is -0.554. The third kappa shape index (κ3) is 32.6. The summed E-state index contributed by atoms with van der Waals surface area (Å²) < 4.78 is 10.7. The van der Waals surface area contributed by atoms with Gasteiger partial charge >= 0.3 is 11.9 Å². The molecule has 44 heavy (non-hydrogen) atoms. The zero-order valence-electron chi connectivity index (χ0n) is 29.8. The predicted molar refractivity (Wildman–Crippen MR) is 190 cm³/mol. The molecule has 0 rings (SSSR count). The van der Waals surface area contributed by atoms with Crippen molar-refractivity contribution in [2.75, 3.05) is 0 Å². The number of hydrogen-bond donors (Lipinski definition) is 0. The minimum Gasteiger partial charge on any atom is -0.457 e. The summed E-state index contributed by atoms with van der Waals surface area (Å²) in [6.45, 7) is 6.24. The average Bonchev–Trinajstić information content (AvgIpc) is 3.00. The summed E-state index contributed by atoms with van der Waals surface area (Å²) in [5, 5.41) is 0. The van der Waals surface area contributed by atoms with Crippen LogP contribution in [0.1, 0.15) is 226 Å². The zero-order valence-corrected chi connectivity index (χ0v) is 30.5. The van der Waals surface area contributed by atoms with Crippen LogP contribution in [0.5, 0.6) is 0 Å². The number of halogens is 1. The highest BCUT2D eigenvalue weighted by Crippen LogP contribution is 2.17. The molecule has 0 bridgehead atoms. The van der Waals surface area contributed by atoms with Crippen LogP contribution in [-0.2, 0) is 19.1 Å². The van der Waals surface area contributed by atoms with Crippen molar-refractivity contribution in [2.24, 2.45) is 0 Å². The van der Waals surface area contributed by atoms with Gasteiger partial charge in [0, 0.05) is 12.8 Å². The maximum absolute atomic E-state index is 12.2. The molecule has 0 aliphatic rings. The van der Waals surface area contributed by atoms with Gasteiger partial charge in [-0.2, -0.15) is 0 Å². The van der Waals surface area contributed by atoms with E-state index >= 15 is 0 Å². The number of rotatable bonds is 35. The number of unbranched alkanes of at least 4 members (excludes halogenated alkanes) is 28. The topological polar surface area (TPSA) is 52.6 Å². The summed E-state index contributed by atoms with van der Waals surface area (Å²) >= 11 is 6.22. The van der Waals surface area contributed by atoms with Crippen molar-refractivity contribution in [3.05, 3.63) is 0 Å². The smallest absolute Gasteiger partial charge is 0.307 e. The molecule has 0 aromatic carbocycles. The van der Waals surface area contributed by atoms with E-state index in [0.29, 0.717) is 12.8 Å². The minimum atomic E-state index is -0.927. The fourth-order valence-electron chi connectivity index (χ4n) is 5.88. The molecule has 2 unspecified atom stereocenters. The normalized spacial score (nSPS) is 12.7. The van der Waals surface area contributed by atoms with E-state index in [1.54, 1.807) is 6.92 Å². The molecule has 0 saturated heterocycles. The van der Waals surface area contributed by atoms with Crippen LogP contribution in [0.4, 0.5) is 0 Å². The molecule has 0 aliphatic carbocycles. The van der Waals surface area contributed by atoms with Crippen LogP contribution in [0.15, 0.2) is 0 Å². The number of ether oxygens (including phenoxy) is 2. The van der Waals surface area contributed by atoms with Crippen molar-refractivity contribution in [1.29, 1.82) is 0 Å². The van der Waals surface area contributed by atoms with Gasteiger partial charge in [0.25, 0.3) is 0 Å². The summed E-state index contributed by atoms with van der Waals surface area (Å²) in [6, 6.07) is 0. The van der Waals surface area contributed by atoms with Crippen LogP contribution in [-0.4, -0.2) is 23.6 Å². The SMILES string of the molecule is CCCCCCCCCCCCCCCCCC(=O)OC(C)C(Cl)OC(=O)CCCCCCCCCCCCCCCCC. The quantitative estimate of drug-likeness (QED) is 0.0392. The number of carbonyl (C=O) groups is 2. The van der Waals surface area contributed by atoms with Crippen molar-refractivity contribution >= 4 is 23.5 Å². The average molecular weight is 643 g/mol. The first-order valence-electron chi connectivity index (χ1n) is 19.5. The van der Waals surface area contributed by atoms with Crippen LogP contribution in [0.3, 0.4) is 0 Å². The predicted octanol–water partition coefficient (Wildman–Crippen LogP) is 13.5. The first-order valence-corrected chi connectivity index (χ1v) is 20.0. The zero-order chi connectivity index (χ0) is 32.4. The maximum Gasteiger partial charge on any atom is 0.307 e. The van der Waals surface area contributed by atoms with Gasteiger partial charge in [0.05, 0.1) is 0 Å². The van der Waals surface area contributed by atoms with Crippen molar-refractivity contribution in [2.45, 2.75) is 238 Å².